The number of nitrogens with zero attached hydrogens (tertiary/aromatic N) is 1. The Morgan fingerprint density at radius 3 is 2.45 bits per heavy atom. The summed E-state index contributed by atoms with van der Waals surface area (Å²) in [4.78, 5) is 24.9. The third-order valence-electron chi connectivity index (χ3n) is 4.03. The summed E-state index contributed by atoms with van der Waals surface area (Å²) in [6.07, 6.45) is 2.60. The smallest absolute Gasteiger partial charge is 0.309 e. The number of likely N-dealkylation sites (tertiary alicyclic amines) is 1. The Balaban J connectivity index is 2.65. The zero-order valence-electron chi connectivity index (χ0n) is 12.3. The van der Waals surface area contributed by atoms with E-state index < -0.39 is 21.2 Å². The van der Waals surface area contributed by atoms with E-state index in [0.717, 1.165) is 19.1 Å². The number of hydrogen-bond donors (Lipinski definition) is 1. The van der Waals surface area contributed by atoms with Gasteiger partial charge in [0.25, 0.3) is 0 Å². The van der Waals surface area contributed by atoms with Gasteiger partial charge in [-0.2, -0.15) is 0 Å². The molecule has 1 aliphatic heterocycles. The van der Waals surface area contributed by atoms with Crippen LogP contribution in [0.2, 0.25) is 0 Å². The first-order chi connectivity index (χ1) is 9.04. The van der Waals surface area contributed by atoms with Gasteiger partial charge in [0.05, 0.1) is 11.2 Å². The molecule has 1 rings (SSSR count). The average Bonchev–Trinajstić information content (AvgIpc) is 2.35. The molecule has 0 aromatic heterocycles. The first-order valence-electron chi connectivity index (χ1n) is 6.73. The highest BCUT2D eigenvalue weighted by atomic mass is 32.2. The summed E-state index contributed by atoms with van der Waals surface area (Å²) in [5.41, 5.74) is -0.879. The van der Waals surface area contributed by atoms with E-state index in [1.54, 1.807) is 18.7 Å². The van der Waals surface area contributed by atoms with Gasteiger partial charge >= 0.3 is 5.97 Å². The van der Waals surface area contributed by atoms with Crippen molar-refractivity contribution in [2.24, 2.45) is 11.3 Å². The molecule has 0 radical (unpaired) electrons. The normalized spacial score (nSPS) is 20.8. The van der Waals surface area contributed by atoms with Crippen LogP contribution in [0, 0.1) is 11.3 Å². The fourth-order valence-electron chi connectivity index (χ4n) is 2.40. The maximum absolute atomic E-state index is 12.0. The molecule has 1 amide bonds. The molecule has 1 aliphatic rings. The van der Waals surface area contributed by atoms with Crippen LogP contribution in [0.1, 0.15) is 33.1 Å². The number of rotatable bonds is 5. The van der Waals surface area contributed by atoms with E-state index >= 15 is 0 Å². The average molecular weight is 305 g/mol. The Hall–Kier alpha value is -1.11. The molecule has 0 saturated carbocycles. The lowest BCUT2D eigenvalue weighted by molar-refractivity contribution is -0.153. The van der Waals surface area contributed by atoms with Crippen molar-refractivity contribution in [2.75, 3.05) is 25.1 Å². The molecule has 7 heteroatoms. The van der Waals surface area contributed by atoms with Crippen LogP contribution >= 0.6 is 0 Å². The number of carbonyl (C=O) groups is 2. The van der Waals surface area contributed by atoms with E-state index in [9.17, 15) is 23.1 Å². The van der Waals surface area contributed by atoms with Crippen molar-refractivity contribution in [1.29, 1.82) is 0 Å². The van der Waals surface area contributed by atoms with Crippen molar-refractivity contribution >= 4 is 21.7 Å². The summed E-state index contributed by atoms with van der Waals surface area (Å²) in [6, 6.07) is 0. The molecule has 0 aromatic carbocycles. The van der Waals surface area contributed by atoms with Crippen LogP contribution < -0.4 is 0 Å². The third kappa shape index (κ3) is 4.47. The predicted octanol–water partition coefficient (Wildman–Crippen LogP) is 0.770. The lowest BCUT2D eigenvalue weighted by Gasteiger charge is -2.39. The van der Waals surface area contributed by atoms with Gasteiger partial charge in [0.2, 0.25) is 5.91 Å². The highest BCUT2D eigenvalue weighted by molar-refractivity contribution is 7.90. The van der Waals surface area contributed by atoms with Crippen molar-refractivity contribution < 1.29 is 23.1 Å². The second-order valence-electron chi connectivity index (χ2n) is 6.09. The summed E-state index contributed by atoms with van der Waals surface area (Å²) in [5.74, 6) is -1.33. The molecule has 0 aromatic rings. The van der Waals surface area contributed by atoms with Crippen LogP contribution in [0.15, 0.2) is 0 Å². The maximum atomic E-state index is 12.0. The van der Waals surface area contributed by atoms with Gasteiger partial charge in [-0.3, -0.25) is 9.59 Å². The monoisotopic (exact) mass is 305 g/mol. The molecule has 0 aliphatic carbocycles. The summed E-state index contributed by atoms with van der Waals surface area (Å²) in [7, 11) is -3.15. The van der Waals surface area contributed by atoms with Crippen molar-refractivity contribution in [2.45, 2.75) is 33.1 Å². The topological polar surface area (TPSA) is 91.8 Å². The first kappa shape index (κ1) is 16.9. The summed E-state index contributed by atoms with van der Waals surface area (Å²) < 4.78 is 22.2. The number of carbonyl (C=O) groups excluding carboxylic acids is 1. The molecule has 1 N–H and O–H groups in total. The predicted molar refractivity (Wildman–Crippen MR) is 75.0 cm³/mol. The van der Waals surface area contributed by atoms with Crippen LogP contribution in [0.3, 0.4) is 0 Å². The molecule has 1 fully saturated rings. The van der Waals surface area contributed by atoms with Gasteiger partial charge in [0, 0.05) is 25.8 Å². The molecular weight excluding hydrogens is 282 g/mol. The molecule has 1 heterocycles. The van der Waals surface area contributed by atoms with E-state index in [0.29, 0.717) is 13.1 Å². The third-order valence-corrected chi connectivity index (χ3v) is 4.98. The summed E-state index contributed by atoms with van der Waals surface area (Å²) in [5, 5.41) is 9.25. The Morgan fingerprint density at radius 1 is 1.35 bits per heavy atom. The Labute approximate surface area is 120 Å². The molecule has 116 valence electrons. The highest BCUT2D eigenvalue weighted by Gasteiger charge is 2.39. The fourth-order valence-corrected chi connectivity index (χ4v) is 2.94. The Kier molecular flexibility index (Phi) is 5.18. The lowest BCUT2D eigenvalue weighted by Crippen LogP contribution is -2.47. The van der Waals surface area contributed by atoms with Gasteiger partial charge in [-0.25, -0.2) is 8.42 Å². The quantitative estimate of drug-likeness (QED) is 0.810. The minimum atomic E-state index is -3.15. The van der Waals surface area contributed by atoms with E-state index in [2.05, 4.69) is 0 Å². The van der Waals surface area contributed by atoms with Crippen LogP contribution in [0.4, 0.5) is 0 Å². The van der Waals surface area contributed by atoms with Gasteiger partial charge < -0.3 is 10.0 Å². The number of carboxylic acid groups (broad SMARTS) is 1. The van der Waals surface area contributed by atoms with Crippen molar-refractivity contribution in [1.82, 2.24) is 4.90 Å². The Morgan fingerprint density at radius 2 is 1.95 bits per heavy atom. The standard InChI is InChI=1S/C13H23NO5S/c1-13(2,12(16)17)10-5-4-7-14(9-10)11(15)6-8-20(3,18)19/h10H,4-9H2,1-3H3,(H,16,17). The summed E-state index contributed by atoms with van der Waals surface area (Å²) >= 11 is 0. The minimum absolute atomic E-state index is 0.0287. The van der Waals surface area contributed by atoms with E-state index in [1.807, 2.05) is 0 Å². The molecule has 20 heavy (non-hydrogen) atoms. The lowest BCUT2D eigenvalue weighted by atomic mass is 9.74. The van der Waals surface area contributed by atoms with Gasteiger partial charge in [-0.15, -0.1) is 0 Å². The highest BCUT2D eigenvalue weighted by Crippen LogP contribution is 2.34. The van der Waals surface area contributed by atoms with Crippen LogP contribution in [-0.4, -0.2) is 55.4 Å². The van der Waals surface area contributed by atoms with Crippen LogP contribution in [0.5, 0.6) is 0 Å². The number of piperidine rings is 1. The first-order valence-corrected chi connectivity index (χ1v) is 8.79. The second kappa shape index (κ2) is 6.11. The number of sulfone groups is 1. The Bertz CT molecular complexity index is 483. The van der Waals surface area contributed by atoms with Gasteiger partial charge in [-0.05, 0) is 32.6 Å². The molecule has 0 bridgehead atoms. The van der Waals surface area contributed by atoms with E-state index in [-0.39, 0.29) is 24.0 Å². The van der Waals surface area contributed by atoms with Crippen LogP contribution in [-0.2, 0) is 19.4 Å². The largest absolute Gasteiger partial charge is 0.481 e. The van der Waals surface area contributed by atoms with E-state index in [4.69, 9.17) is 0 Å². The molecule has 0 spiro atoms. The molecule has 6 nitrogen and oxygen atoms in total. The zero-order chi connectivity index (χ0) is 15.6. The number of amides is 1. The van der Waals surface area contributed by atoms with Crippen molar-refractivity contribution in [3.05, 3.63) is 0 Å². The van der Waals surface area contributed by atoms with Gasteiger partial charge in [-0.1, -0.05) is 0 Å². The zero-order valence-corrected chi connectivity index (χ0v) is 13.1. The second-order valence-corrected chi connectivity index (χ2v) is 8.35. The molecule has 1 saturated heterocycles. The molecule has 1 unspecified atom stereocenters. The summed E-state index contributed by atoms with van der Waals surface area (Å²) in [6.45, 7) is 4.31. The van der Waals surface area contributed by atoms with Crippen molar-refractivity contribution in [3.63, 3.8) is 0 Å². The van der Waals surface area contributed by atoms with Crippen molar-refractivity contribution in [3.8, 4) is 0 Å². The van der Waals surface area contributed by atoms with E-state index in [1.165, 1.54) is 0 Å². The van der Waals surface area contributed by atoms with Gasteiger partial charge in [0.1, 0.15) is 9.84 Å². The minimum Gasteiger partial charge on any atom is -0.481 e. The van der Waals surface area contributed by atoms with Gasteiger partial charge in [0.15, 0.2) is 0 Å². The van der Waals surface area contributed by atoms with Crippen LogP contribution in [0.25, 0.3) is 0 Å². The molecule has 1 atom stereocenters. The number of aliphatic carboxylic acids is 1. The maximum Gasteiger partial charge on any atom is 0.309 e. The fraction of sp³-hybridized carbons (Fsp3) is 0.846. The number of carboxylic acids is 1. The number of hydrogen-bond acceptors (Lipinski definition) is 4. The SMILES string of the molecule is CC(C)(C(=O)O)C1CCCN(C(=O)CCS(C)(=O)=O)C1. The molecular formula is C13H23NO5S.